The summed E-state index contributed by atoms with van der Waals surface area (Å²) in [5.41, 5.74) is 0. The molecule has 0 saturated heterocycles. The number of rotatable bonds is 50. The van der Waals surface area contributed by atoms with Crippen molar-refractivity contribution in [2.45, 2.75) is 258 Å². The van der Waals surface area contributed by atoms with Crippen LogP contribution in [-0.4, -0.2) is 74.3 Å². The SMILES string of the molecule is CCCCC/C=C\C/C=C\C/C=C\C/C=C\CCCC(=O)NC(COP(=O)(O)OCC[N+](C)(C)C)C(/C=C/CCCCCCCCCCCC)OC(=O)CCCCCCCCCCCCCCC. The maximum atomic E-state index is 13.5. The fourth-order valence-electron chi connectivity index (χ4n) is 7.81. The van der Waals surface area contributed by atoms with E-state index in [-0.39, 0.29) is 37.9 Å². The Balaban J connectivity index is 5.46. The number of esters is 1. The predicted molar refractivity (Wildman–Crippen MR) is 291 cm³/mol. The van der Waals surface area contributed by atoms with E-state index in [0.717, 1.165) is 64.2 Å². The Kier molecular flexibility index (Phi) is 46.7. The van der Waals surface area contributed by atoms with Crippen molar-refractivity contribution in [3.63, 3.8) is 0 Å². The summed E-state index contributed by atoms with van der Waals surface area (Å²) in [5.74, 6) is -0.568. The fourth-order valence-corrected chi connectivity index (χ4v) is 8.55. The van der Waals surface area contributed by atoms with E-state index in [1.54, 1.807) is 0 Å². The largest absolute Gasteiger partial charge is 0.472 e. The highest BCUT2D eigenvalue weighted by Gasteiger charge is 2.30. The van der Waals surface area contributed by atoms with Crippen LogP contribution in [0.5, 0.6) is 0 Å². The summed E-state index contributed by atoms with van der Waals surface area (Å²) in [6, 6.07) is -0.874. The highest BCUT2D eigenvalue weighted by Crippen LogP contribution is 2.43. The van der Waals surface area contributed by atoms with Gasteiger partial charge in [0.15, 0.2) is 0 Å². The number of unbranched alkanes of at least 4 members (excludes halogenated alkanes) is 26. The van der Waals surface area contributed by atoms with E-state index >= 15 is 0 Å². The van der Waals surface area contributed by atoms with Gasteiger partial charge in [-0.2, -0.15) is 0 Å². The van der Waals surface area contributed by atoms with Crippen LogP contribution >= 0.6 is 7.82 Å². The van der Waals surface area contributed by atoms with Gasteiger partial charge in [0.05, 0.1) is 33.8 Å². The molecular weight excluding hydrogens is 868 g/mol. The zero-order chi connectivity index (χ0) is 50.1. The first-order valence-corrected chi connectivity index (χ1v) is 29.6. The van der Waals surface area contributed by atoms with Crippen molar-refractivity contribution in [2.75, 3.05) is 40.9 Å². The van der Waals surface area contributed by atoms with E-state index in [1.165, 1.54) is 141 Å². The minimum Gasteiger partial charge on any atom is -0.456 e. The molecule has 9 nitrogen and oxygen atoms in total. The lowest BCUT2D eigenvalue weighted by Crippen LogP contribution is -2.47. The Morgan fingerprint density at radius 2 is 0.912 bits per heavy atom. The van der Waals surface area contributed by atoms with Crippen LogP contribution in [0.2, 0.25) is 0 Å². The van der Waals surface area contributed by atoms with Gasteiger partial charge in [-0.15, -0.1) is 0 Å². The Hall–Kier alpha value is -2.29. The third kappa shape index (κ3) is 48.7. The molecule has 10 heteroatoms. The molecule has 0 radical (unpaired) electrons. The summed E-state index contributed by atoms with van der Waals surface area (Å²) < 4.78 is 30.5. The second-order valence-electron chi connectivity index (χ2n) is 20.1. The van der Waals surface area contributed by atoms with Gasteiger partial charge in [-0.3, -0.25) is 18.6 Å². The third-order valence-electron chi connectivity index (χ3n) is 12.2. The minimum absolute atomic E-state index is 0.0298. The molecule has 0 rings (SSSR count). The number of amides is 1. The fraction of sp³-hybridized carbons (Fsp3) is 0.793. The molecule has 3 atom stereocenters. The molecule has 0 bridgehead atoms. The molecule has 0 heterocycles. The van der Waals surface area contributed by atoms with Crippen LogP contribution in [0.3, 0.4) is 0 Å². The van der Waals surface area contributed by atoms with Gasteiger partial charge < -0.3 is 19.4 Å². The molecule has 0 aromatic carbocycles. The first-order chi connectivity index (χ1) is 32.9. The average molecular weight is 976 g/mol. The third-order valence-corrected chi connectivity index (χ3v) is 13.2. The zero-order valence-corrected chi connectivity index (χ0v) is 46.0. The van der Waals surface area contributed by atoms with Crippen LogP contribution in [0.4, 0.5) is 0 Å². The van der Waals surface area contributed by atoms with E-state index in [2.05, 4.69) is 74.7 Å². The van der Waals surface area contributed by atoms with Crippen LogP contribution in [0, 0.1) is 0 Å². The lowest BCUT2D eigenvalue weighted by Gasteiger charge is -2.27. The Morgan fingerprint density at radius 1 is 0.515 bits per heavy atom. The second kappa shape index (κ2) is 48.3. The van der Waals surface area contributed by atoms with Crippen molar-refractivity contribution >= 4 is 19.7 Å². The van der Waals surface area contributed by atoms with Crippen LogP contribution in [0.15, 0.2) is 60.8 Å². The Bertz CT molecular complexity index is 1350. The normalized spacial score (nSPS) is 14.3. The Morgan fingerprint density at radius 3 is 1.40 bits per heavy atom. The van der Waals surface area contributed by atoms with Crippen molar-refractivity contribution < 1.29 is 37.3 Å². The number of nitrogens with one attached hydrogen (secondary N) is 1. The van der Waals surface area contributed by atoms with Crippen molar-refractivity contribution in [1.29, 1.82) is 0 Å². The highest BCUT2D eigenvalue weighted by atomic mass is 31.2. The molecule has 0 aromatic rings. The van der Waals surface area contributed by atoms with E-state index < -0.39 is 20.0 Å². The van der Waals surface area contributed by atoms with Crippen LogP contribution in [-0.2, 0) is 27.9 Å². The van der Waals surface area contributed by atoms with E-state index in [1.807, 2.05) is 33.3 Å². The van der Waals surface area contributed by atoms with E-state index in [4.69, 9.17) is 13.8 Å². The zero-order valence-electron chi connectivity index (χ0n) is 45.1. The van der Waals surface area contributed by atoms with Gasteiger partial charge in [-0.1, -0.05) is 223 Å². The van der Waals surface area contributed by atoms with Gasteiger partial charge in [0.2, 0.25) is 5.91 Å². The number of hydrogen-bond acceptors (Lipinski definition) is 6. The number of carbonyl (C=O) groups excluding carboxylic acids is 2. The van der Waals surface area contributed by atoms with Crippen LogP contribution in [0.25, 0.3) is 0 Å². The summed E-state index contributed by atoms with van der Waals surface area (Å²) in [7, 11) is 1.46. The van der Waals surface area contributed by atoms with E-state index in [9.17, 15) is 19.0 Å². The number of carbonyl (C=O) groups is 2. The monoisotopic (exact) mass is 976 g/mol. The van der Waals surface area contributed by atoms with Gasteiger partial charge in [0.1, 0.15) is 19.3 Å². The molecule has 0 aromatic heterocycles. The van der Waals surface area contributed by atoms with Crippen molar-refractivity contribution in [2.24, 2.45) is 0 Å². The summed E-state index contributed by atoms with van der Waals surface area (Å²) in [4.78, 5) is 37.5. The highest BCUT2D eigenvalue weighted by molar-refractivity contribution is 7.47. The molecule has 68 heavy (non-hydrogen) atoms. The summed E-state index contributed by atoms with van der Waals surface area (Å²) in [6.45, 7) is 6.93. The summed E-state index contributed by atoms with van der Waals surface area (Å²) in [6.07, 6.45) is 59.3. The van der Waals surface area contributed by atoms with Gasteiger partial charge in [-0.05, 0) is 70.3 Å². The maximum absolute atomic E-state index is 13.5. The number of hydrogen-bond donors (Lipinski definition) is 2. The number of phosphoric ester groups is 1. The lowest BCUT2D eigenvalue weighted by molar-refractivity contribution is -0.870. The van der Waals surface area contributed by atoms with Gasteiger partial charge in [0, 0.05) is 12.8 Å². The second-order valence-corrected chi connectivity index (χ2v) is 21.6. The number of nitrogens with zero attached hydrogens (tertiary/aromatic N) is 1. The molecule has 0 aliphatic rings. The molecule has 0 fully saturated rings. The van der Waals surface area contributed by atoms with Gasteiger partial charge in [-0.25, -0.2) is 4.57 Å². The molecule has 2 N–H and O–H groups in total. The topological polar surface area (TPSA) is 111 Å². The average Bonchev–Trinajstić information content (AvgIpc) is 3.29. The number of likely N-dealkylation sites (N-methyl/N-ethyl adjacent to an activating group) is 1. The number of ether oxygens (including phenoxy) is 1. The predicted octanol–water partition coefficient (Wildman–Crippen LogP) is 16.7. The molecule has 396 valence electrons. The van der Waals surface area contributed by atoms with Crippen LogP contribution < -0.4 is 5.32 Å². The minimum atomic E-state index is -4.45. The molecule has 0 saturated carbocycles. The first kappa shape index (κ1) is 65.7. The van der Waals surface area contributed by atoms with Gasteiger partial charge >= 0.3 is 13.8 Å². The molecule has 3 unspecified atom stereocenters. The molecule has 0 aliphatic carbocycles. The first-order valence-electron chi connectivity index (χ1n) is 28.1. The molecule has 0 spiro atoms. The van der Waals surface area contributed by atoms with Crippen molar-refractivity contribution in [3.05, 3.63) is 60.8 Å². The lowest BCUT2D eigenvalue weighted by atomic mass is 10.0. The number of allylic oxidation sites excluding steroid dienone is 9. The smallest absolute Gasteiger partial charge is 0.456 e. The standard InChI is InChI=1S/C58H107N2O7P/c1-7-10-13-16-19-22-25-28-29-30-31-33-35-38-41-44-47-50-57(61)59-55(54-66-68(63,64)65-53-52-60(4,5)6)56(49-46-43-40-37-34-27-24-21-18-15-12-9-3)67-58(62)51-48-45-42-39-36-32-26-23-20-17-14-11-8-2/h19,22,28-29,31,33,38,41,46,49,55-56H,7-18,20-21,23-27,30,32,34-37,39-40,42-45,47-48,50-54H2,1-6H3,(H-,59,61,63,64)/p+1/b22-19-,29-28-,33-31-,41-38-,49-46+. The van der Waals surface area contributed by atoms with Crippen molar-refractivity contribution in [1.82, 2.24) is 5.32 Å². The summed E-state index contributed by atoms with van der Waals surface area (Å²) in [5, 5.41) is 3.01. The number of phosphoric acid groups is 1. The number of quaternary nitrogens is 1. The molecule has 1 amide bonds. The van der Waals surface area contributed by atoms with Gasteiger partial charge in [0.25, 0.3) is 0 Å². The van der Waals surface area contributed by atoms with Crippen molar-refractivity contribution in [3.8, 4) is 0 Å². The quantitative estimate of drug-likeness (QED) is 0.0205. The Labute approximate surface area is 420 Å². The summed E-state index contributed by atoms with van der Waals surface area (Å²) >= 11 is 0. The molecule has 0 aliphatic heterocycles. The van der Waals surface area contributed by atoms with E-state index in [0.29, 0.717) is 17.4 Å². The molecular formula is C58H108N2O7P+. The maximum Gasteiger partial charge on any atom is 0.472 e. The van der Waals surface area contributed by atoms with Crippen LogP contribution in [0.1, 0.15) is 245 Å².